The highest BCUT2D eigenvalue weighted by molar-refractivity contribution is 5.95. The van der Waals surface area contributed by atoms with E-state index in [2.05, 4.69) is 62.4 Å². The predicted octanol–water partition coefficient (Wildman–Crippen LogP) is 22.0. The molecule has 4 nitrogen and oxygen atoms in total. The SMILES string of the molecule is CC1(C2(C)c3cc(N(c4ccc(F)cc4)c4ccc(F)cc4)ccc3-c3ccc(N(c4ccc(F)cc4)c4ccc(F)cc4)cc32)c2cc(N(c3ccc(F)cc3)c3ccc(F)cc3)ccc2-c2ccc(N(c3ccc(F)cc3)c3ccc(F)cc3)cc21. The molecule has 0 aliphatic heterocycles. The van der Waals surface area contributed by atoms with Crippen LogP contribution in [0.1, 0.15) is 36.1 Å². The van der Waals surface area contributed by atoms with Crippen LogP contribution >= 0.6 is 0 Å². The number of halogens is 8. The standard InChI is InChI=1S/C76H50F8N4/c1-75(71-43-63(85(55-19-3-47(77)4-20-55)56-21-5-48(78)6-22-56)35-39-67(71)68-40-36-64(44-72(68)75)86(57-23-7-49(79)8-24-57)58-25-9-50(80)10-26-58)76(2)73-45-65(87(59-27-11-51(81)12-28-59)60-29-13-52(82)14-30-60)37-41-69(73)70-42-38-66(46-74(70)76)88(61-31-15-53(83)16-32-61)62-33-17-54(84)18-34-62/h3-46H,1-2H3. The van der Waals surface area contributed by atoms with Crippen LogP contribution in [0.3, 0.4) is 0 Å². The summed E-state index contributed by atoms with van der Waals surface area (Å²) in [4.78, 5) is 7.78. The maximum absolute atomic E-state index is 14.9. The maximum Gasteiger partial charge on any atom is 0.123 e. The zero-order chi connectivity index (χ0) is 60.6. The summed E-state index contributed by atoms with van der Waals surface area (Å²) in [5, 5.41) is 0. The van der Waals surface area contributed by atoms with Gasteiger partial charge in [-0.2, -0.15) is 0 Å². The van der Waals surface area contributed by atoms with Crippen LogP contribution < -0.4 is 19.6 Å². The van der Waals surface area contributed by atoms with Gasteiger partial charge in [0.2, 0.25) is 0 Å². The summed E-state index contributed by atoms with van der Waals surface area (Å²) in [6.07, 6.45) is 0. The molecule has 12 heteroatoms. The Morgan fingerprint density at radius 1 is 0.182 bits per heavy atom. The Hall–Kier alpha value is -10.7. The van der Waals surface area contributed by atoms with Crippen molar-refractivity contribution in [2.24, 2.45) is 0 Å². The van der Waals surface area contributed by atoms with E-state index in [0.29, 0.717) is 68.2 Å². The highest BCUT2D eigenvalue weighted by Gasteiger charge is 2.58. The van der Waals surface area contributed by atoms with Gasteiger partial charge in [-0.3, -0.25) is 0 Å². The van der Waals surface area contributed by atoms with E-state index in [1.807, 2.05) is 43.9 Å². The molecule has 0 amide bonds. The topological polar surface area (TPSA) is 13.0 Å². The van der Waals surface area contributed by atoms with Crippen LogP contribution in [0.25, 0.3) is 22.3 Å². The van der Waals surface area contributed by atoms with Crippen LogP contribution in [-0.2, 0) is 10.8 Å². The van der Waals surface area contributed by atoms with E-state index in [-0.39, 0.29) is 0 Å². The minimum atomic E-state index is -1.16. The van der Waals surface area contributed by atoms with Crippen LogP contribution in [0.4, 0.5) is 103 Å². The number of rotatable bonds is 13. The summed E-state index contributed by atoms with van der Waals surface area (Å²) >= 11 is 0. The lowest BCUT2D eigenvalue weighted by Gasteiger charge is -2.46. The van der Waals surface area contributed by atoms with Crippen LogP contribution in [0.5, 0.6) is 0 Å². The van der Waals surface area contributed by atoms with Crippen molar-refractivity contribution in [3.8, 4) is 22.3 Å². The molecule has 14 rings (SSSR count). The second-order valence-electron chi connectivity index (χ2n) is 22.3. The van der Waals surface area contributed by atoms with Gasteiger partial charge in [0.15, 0.2) is 0 Å². The Kier molecular flexibility index (Phi) is 13.6. The molecule has 430 valence electrons. The van der Waals surface area contributed by atoms with E-state index in [9.17, 15) is 35.1 Å². The van der Waals surface area contributed by atoms with Gasteiger partial charge in [0.05, 0.1) is 0 Å². The van der Waals surface area contributed by atoms with Gasteiger partial charge >= 0.3 is 0 Å². The Morgan fingerprint density at radius 3 is 0.443 bits per heavy atom. The average molecular weight is 1170 g/mol. The molecule has 0 heterocycles. The summed E-state index contributed by atoms with van der Waals surface area (Å²) < 4.78 is 119. The van der Waals surface area contributed by atoms with E-state index >= 15 is 0 Å². The first-order chi connectivity index (χ1) is 42.6. The molecule has 0 spiro atoms. The Morgan fingerprint density at radius 2 is 0.307 bits per heavy atom. The van der Waals surface area contributed by atoms with E-state index < -0.39 is 57.4 Å². The van der Waals surface area contributed by atoms with Gasteiger partial charge < -0.3 is 19.6 Å². The number of fused-ring (bicyclic) bond motifs is 6. The van der Waals surface area contributed by atoms with Gasteiger partial charge in [0, 0.05) is 79.1 Å². The number of hydrogen-bond donors (Lipinski definition) is 0. The Balaban J connectivity index is 1.08. The lowest BCUT2D eigenvalue weighted by molar-refractivity contribution is 0.376. The minimum Gasteiger partial charge on any atom is -0.310 e. The van der Waals surface area contributed by atoms with E-state index in [1.54, 1.807) is 97.1 Å². The molecule has 88 heavy (non-hydrogen) atoms. The lowest BCUT2D eigenvalue weighted by Crippen LogP contribution is -2.44. The lowest BCUT2D eigenvalue weighted by atomic mass is 9.56. The minimum absolute atomic E-state index is 0.439. The molecule has 12 aromatic carbocycles. The molecule has 0 N–H and O–H groups in total. The maximum atomic E-state index is 14.9. The molecule has 0 saturated carbocycles. The Bertz CT molecular complexity index is 3830. The van der Waals surface area contributed by atoms with Crippen LogP contribution in [0.2, 0.25) is 0 Å². The fraction of sp³-hybridized carbons (Fsp3) is 0.0526. The Labute approximate surface area is 503 Å². The molecular weight excluding hydrogens is 1120 g/mol. The van der Waals surface area contributed by atoms with Crippen molar-refractivity contribution in [3.63, 3.8) is 0 Å². The van der Waals surface area contributed by atoms with Crippen molar-refractivity contribution in [1.82, 2.24) is 0 Å². The fourth-order valence-corrected chi connectivity index (χ4v) is 13.2. The third-order valence-electron chi connectivity index (χ3n) is 17.5. The molecule has 0 bridgehead atoms. The monoisotopic (exact) mass is 1170 g/mol. The highest BCUT2D eigenvalue weighted by atomic mass is 19.2. The number of benzene rings is 12. The predicted molar refractivity (Wildman–Crippen MR) is 335 cm³/mol. The van der Waals surface area contributed by atoms with Gasteiger partial charge in [0.25, 0.3) is 0 Å². The molecule has 0 aromatic heterocycles. The fourth-order valence-electron chi connectivity index (χ4n) is 13.2. The van der Waals surface area contributed by atoms with Crippen molar-refractivity contribution in [1.29, 1.82) is 0 Å². The van der Waals surface area contributed by atoms with E-state index in [1.165, 1.54) is 97.1 Å². The molecule has 0 unspecified atom stereocenters. The zero-order valence-electron chi connectivity index (χ0n) is 47.2. The van der Waals surface area contributed by atoms with Crippen molar-refractivity contribution < 1.29 is 35.1 Å². The van der Waals surface area contributed by atoms with Crippen molar-refractivity contribution in [2.45, 2.75) is 24.7 Å². The first-order valence-electron chi connectivity index (χ1n) is 28.5. The summed E-state index contributed by atoms with van der Waals surface area (Å²) in [6, 6.07) is 73.4. The van der Waals surface area contributed by atoms with Crippen LogP contribution in [0.15, 0.2) is 267 Å². The summed E-state index contributed by atoms with van der Waals surface area (Å²) in [5.74, 6) is -3.51. The average Bonchev–Trinajstić information content (AvgIpc) is 1.51. The van der Waals surface area contributed by atoms with E-state index in [4.69, 9.17) is 0 Å². The normalized spacial score (nSPS) is 13.1. The summed E-state index contributed by atoms with van der Waals surface area (Å²) in [6.45, 7) is 4.41. The molecule has 0 atom stereocenters. The van der Waals surface area contributed by atoms with Gasteiger partial charge in [-0.05, 0) is 287 Å². The molecule has 0 radical (unpaired) electrons. The van der Waals surface area contributed by atoms with Crippen molar-refractivity contribution in [2.75, 3.05) is 19.6 Å². The highest BCUT2D eigenvalue weighted by Crippen LogP contribution is 2.67. The molecule has 0 saturated heterocycles. The molecule has 12 aromatic rings. The summed E-state index contributed by atoms with van der Waals surface area (Å²) in [5.41, 5.74) is 12.1. The quantitative estimate of drug-likeness (QED) is 0.107. The number of anilines is 12. The summed E-state index contributed by atoms with van der Waals surface area (Å²) in [7, 11) is 0. The zero-order valence-corrected chi connectivity index (χ0v) is 47.2. The van der Waals surface area contributed by atoms with Crippen molar-refractivity contribution >= 4 is 68.2 Å². The molecule has 0 fully saturated rings. The number of nitrogens with zero attached hydrogens (tertiary/aromatic N) is 4. The third kappa shape index (κ3) is 9.39. The number of hydrogen-bond acceptors (Lipinski definition) is 4. The smallest absolute Gasteiger partial charge is 0.123 e. The third-order valence-corrected chi connectivity index (χ3v) is 17.5. The van der Waals surface area contributed by atoms with Gasteiger partial charge in [-0.1, -0.05) is 38.1 Å². The van der Waals surface area contributed by atoms with Gasteiger partial charge in [-0.15, -0.1) is 0 Å². The second-order valence-corrected chi connectivity index (χ2v) is 22.3. The van der Waals surface area contributed by atoms with Crippen molar-refractivity contribution in [3.05, 3.63) is 336 Å². The van der Waals surface area contributed by atoms with E-state index in [0.717, 1.165) is 44.5 Å². The largest absolute Gasteiger partial charge is 0.310 e. The van der Waals surface area contributed by atoms with Gasteiger partial charge in [-0.25, -0.2) is 35.1 Å². The van der Waals surface area contributed by atoms with Gasteiger partial charge in [0.1, 0.15) is 46.5 Å². The molecule has 2 aliphatic rings. The first-order valence-corrected chi connectivity index (χ1v) is 28.5. The molecule has 2 aliphatic carbocycles. The first kappa shape index (κ1) is 55.2. The molecular formula is C76H50F8N4. The second kappa shape index (κ2) is 21.7. The van der Waals surface area contributed by atoms with Crippen LogP contribution in [0, 0.1) is 46.5 Å². The van der Waals surface area contributed by atoms with Crippen LogP contribution in [-0.4, -0.2) is 0 Å².